The number of nitrogens with zero attached hydrogens (tertiary/aromatic N) is 3. The van der Waals surface area contributed by atoms with E-state index in [4.69, 9.17) is 4.74 Å². The van der Waals surface area contributed by atoms with E-state index in [1.54, 1.807) is 18.2 Å². The lowest BCUT2D eigenvalue weighted by molar-refractivity contribution is 0.314. The maximum atomic E-state index is 13.1. The molecule has 0 saturated heterocycles. The fourth-order valence-corrected chi connectivity index (χ4v) is 1.68. The summed E-state index contributed by atoms with van der Waals surface area (Å²) in [5.41, 5.74) is 1.97. The highest BCUT2D eigenvalue weighted by Gasteiger charge is 2.11. The Morgan fingerprint density at radius 2 is 2.16 bits per heavy atom. The van der Waals surface area contributed by atoms with E-state index in [1.807, 2.05) is 0 Å². The van der Waals surface area contributed by atoms with Gasteiger partial charge in [0.1, 0.15) is 11.5 Å². The smallest absolute Gasteiger partial charge is 0.239 e. The highest BCUT2D eigenvalue weighted by molar-refractivity contribution is 5.78. The van der Waals surface area contributed by atoms with Gasteiger partial charge in [0.15, 0.2) is 5.52 Å². The average molecular weight is 260 g/mol. The number of ether oxygens (including phenoxy) is 1. The molecule has 0 bridgehead atoms. The van der Waals surface area contributed by atoms with Crippen LogP contribution in [0.2, 0.25) is 0 Å². The summed E-state index contributed by atoms with van der Waals surface area (Å²) < 4.78 is 22.9. The molecule has 0 radical (unpaired) electrons. The summed E-state index contributed by atoms with van der Waals surface area (Å²) in [5.74, 6) is -0.00596. The second kappa shape index (κ2) is 4.52. The summed E-state index contributed by atoms with van der Waals surface area (Å²) in [6, 6.07) is 7.74. The number of nitrogens with one attached hydrogen (secondary N) is 1. The van der Waals surface area contributed by atoms with Crippen molar-refractivity contribution in [3.63, 3.8) is 0 Å². The van der Waals surface area contributed by atoms with E-state index in [-0.39, 0.29) is 5.82 Å². The minimum atomic E-state index is -0.332. The number of fused-ring (bicyclic) bond motifs is 1. The third-order valence-corrected chi connectivity index (χ3v) is 2.51. The molecule has 0 spiro atoms. The zero-order valence-electron chi connectivity index (χ0n) is 9.92. The van der Waals surface area contributed by atoms with Gasteiger partial charge >= 0.3 is 0 Å². The Kier molecular flexibility index (Phi) is 2.71. The minimum absolute atomic E-state index is 0.326. The zero-order chi connectivity index (χ0) is 13.2. The van der Waals surface area contributed by atoms with Gasteiger partial charge in [-0.05, 0) is 28.5 Å². The van der Waals surface area contributed by atoms with Crippen molar-refractivity contribution >= 4 is 22.5 Å². The molecule has 0 saturated carbocycles. The molecule has 96 valence electrons. The van der Waals surface area contributed by atoms with Crippen LogP contribution in [0.15, 0.2) is 35.0 Å². The van der Waals surface area contributed by atoms with E-state index in [2.05, 4.69) is 25.2 Å². The molecule has 0 amide bonds. The lowest BCUT2D eigenvalue weighted by atomic mass is 10.3. The van der Waals surface area contributed by atoms with Crippen LogP contribution in [0.1, 0.15) is 0 Å². The number of benzene rings is 1. The van der Waals surface area contributed by atoms with Crippen LogP contribution in [0.5, 0.6) is 5.88 Å². The number of pyridine rings is 1. The quantitative estimate of drug-likeness (QED) is 0.780. The zero-order valence-corrected chi connectivity index (χ0v) is 9.92. The lowest BCUT2D eigenvalue weighted by Gasteiger charge is -2.09. The molecule has 7 heteroatoms. The van der Waals surface area contributed by atoms with Gasteiger partial charge in [-0.25, -0.2) is 9.02 Å². The van der Waals surface area contributed by atoms with Gasteiger partial charge in [-0.2, -0.15) is 4.98 Å². The summed E-state index contributed by atoms with van der Waals surface area (Å²) >= 11 is 0. The molecule has 3 rings (SSSR count). The number of halogens is 1. The second-order valence-electron chi connectivity index (χ2n) is 3.79. The molecule has 1 aromatic carbocycles. The highest BCUT2D eigenvalue weighted by Crippen LogP contribution is 2.28. The topological polar surface area (TPSA) is 73.1 Å². The Hall–Kier alpha value is -2.70. The number of methoxy groups -OCH3 is 1. The summed E-state index contributed by atoms with van der Waals surface area (Å²) in [7, 11) is 1.48. The first-order chi connectivity index (χ1) is 9.26. The van der Waals surface area contributed by atoms with E-state index in [0.29, 0.717) is 28.4 Å². The molecular formula is C12H9FN4O2. The van der Waals surface area contributed by atoms with Gasteiger partial charge in [0, 0.05) is 11.8 Å². The van der Waals surface area contributed by atoms with Crippen LogP contribution in [0.25, 0.3) is 11.2 Å². The van der Waals surface area contributed by atoms with Crippen molar-refractivity contribution in [3.05, 3.63) is 36.1 Å². The molecule has 0 unspecified atom stereocenters. The Morgan fingerprint density at radius 3 is 2.95 bits per heavy atom. The molecule has 0 aliphatic carbocycles. The molecule has 2 aromatic heterocycles. The first-order valence-corrected chi connectivity index (χ1v) is 5.46. The van der Waals surface area contributed by atoms with Crippen LogP contribution in [0.4, 0.5) is 15.8 Å². The van der Waals surface area contributed by atoms with E-state index in [1.165, 1.54) is 19.2 Å². The average Bonchev–Trinajstić information content (AvgIpc) is 2.85. The Balaban J connectivity index is 2.03. The second-order valence-corrected chi connectivity index (χ2v) is 3.79. The predicted octanol–water partition coefficient (Wildman–Crippen LogP) is 2.51. The van der Waals surface area contributed by atoms with Gasteiger partial charge in [-0.3, -0.25) is 0 Å². The summed E-state index contributed by atoms with van der Waals surface area (Å²) in [4.78, 5) is 4.13. The first kappa shape index (κ1) is 11.4. The van der Waals surface area contributed by atoms with Crippen molar-refractivity contribution in [2.24, 2.45) is 0 Å². The van der Waals surface area contributed by atoms with Crippen molar-refractivity contribution in [2.75, 3.05) is 12.4 Å². The number of hydrogen-bond acceptors (Lipinski definition) is 6. The van der Waals surface area contributed by atoms with E-state index in [0.717, 1.165) is 0 Å². The maximum absolute atomic E-state index is 13.1. The van der Waals surface area contributed by atoms with Crippen LogP contribution in [-0.4, -0.2) is 22.4 Å². The normalized spacial score (nSPS) is 10.6. The van der Waals surface area contributed by atoms with Gasteiger partial charge < -0.3 is 10.1 Å². The monoisotopic (exact) mass is 260 g/mol. The molecule has 0 atom stereocenters. The minimum Gasteiger partial charge on any atom is -0.479 e. The fraction of sp³-hybridized carbons (Fsp3) is 0.0833. The predicted molar refractivity (Wildman–Crippen MR) is 65.8 cm³/mol. The molecule has 3 aromatic rings. The van der Waals surface area contributed by atoms with Crippen LogP contribution < -0.4 is 10.1 Å². The number of anilines is 2. The molecule has 1 N–H and O–H groups in total. The van der Waals surface area contributed by atoms with Gasteiger partial charge in [0.2, 0.25) is 11.5 Å². The largest absolute Gasteiger partial charge is 0.479 e. The van der Waals surface area contributed by atoms with Gasteiger partial charge in [-0.15, -0.1) is 0 Å². The Morgan fingerprint density at radius 1 is 1.26 bits per heavy atom. The van der Waals surface area contributed by atoms with Crippen molar-refractivity contribution in [1.29, 1.82) is 0 Å². The summed E-state index contributed by atoms with van der Waals surface area (Å²) in [5, 5.41) is 10.3. The van der Waals surface area contributed by atoms with Crippen molar-refractivity contribution in [2.45, 2.75) is 0 Å². The summed E-state index contributed by atoms with van der Waals surface area (Å²) in [6.45, 7) is 0. The van der Waals surface area contributed by atoms with Gasteiger partial charge in [-0.1, -0.05) is 6.07 Å². The highest BCUT2D eigenvalue weighted by atomic mass is 19.1. The van der Waals surface area contributed by atoms with Crippen LogP contribution in [-0.2, 0) is 0 Å². The van der Waals surface area contributed by atoms with Crippen molar-refractivity contribution < 1.29 is 13.8 Å². The molecule has 19 heavy (non-hydrogen) atoms. The molecular weight excluding hydrogens is 251 g/mol. The molecule has 0 fully saturated rings. The lowest BCUT2D eigenvalue weighted by Crippen LogP contribution is -1.97. The molecule has 0 aliphatic heterocycles. The summed E-state index contributed by atoms with van der Waals surface area (Å²) in [6.07, 6.45) is 0. The van der Waals surface area contributed by atoms with Crippen LogP contribution in [0, 0.1) is 5.82 Å². The maximum Gasteiger partial charge on any atom is 0.239 e. The Bertz CT molecular complexity index is 729. The molecule has 6 nitrogen and oxygen atoms in total. The third kappa shape index (κ3) is 2.17. The first-order valence-electron chi connectivity index (χ1n) is 5.46. The molecule has 2 heterocycles. The number of hydrogen-bond donors (Lipinski definition) is 1. The van der Waals surface area contributed by atoms with Gasteiger partial charge in [0.05, 0.1) is 7.11 Å². The van der Waals surface area contributed by atoms with Gasteiger partial charge in [0.25, 0.3) is 0 Å². The standard InChI is InChI=1S/C12H9FN4O2/c1-18-12-10(6-9-11(15-12)17-19-16-9)14-8-4-2-3-7(13)5-8/h2-6,14H,1H3. The van der Waals surface area contributed by atoms with E-state index >= 15 is 0 Å². The van der Waals surface area contributed by atoms with Crippen molar-refractivity contribution in [3.8, 4) is 5.88 Å². The number of rotatable bonds is 3. The van der Waals surface area contributed by atoms with Crippen molar-refractivity contribution in [1.82, 2.24) is 15.3 Å². The third-order valence-electron chi connectivity index (χ3n) is 2.51. The van der Waals surface area contributed by atoms with Crippen LogP contribution in [0.3, 0.4) is 0 Å². The van der Waals surface area contributed by atoms with Crippen LogP contribution >= 0.6 is 0 Å². The Labute approximate surface area is 107 Å². The SMILES string of the molecule is COc1nc2nonc2cc1Nc1cccc(F)c1. The van der Waals surface area contributed by atoms with E-state index in [9.17, 15) is 4.39 Å². The van der Waals surface area contributed by atoms with E-state index < -0.39 is 0 Å². The number of aromatic nitrogens is 3. The fourth-order valence-electron chi connectivity index (χ4n) is 1.68. The molecule has 0 aliphatic rings.